The molecule has 7 heteroatoms. The number of aliphatic carboxylic acids is 1. The summed E-state index contributed by atoms with van der Waals surface area (Å²) in [5, 5.41) is 17.1. The normalized spacial score (nSPS) is 18.3. The van der Waals surface area contributed by atoms with E-state index in [9.17, 15) is 14.7 Å². The van der Waals surface area contributed by atoms with Crippen LogP contribution in [-0.2, 0) is 22.4 Å². The van der Waals surface area contributed by atoms with E-state index in [1.165, 1.54) is 0 Å². The molecule has 2 aromatic rings. The lowest BCUT2D eigenvalue weighted by Crippen LogP contribution is -2.57. The van der Waals surface area contributed by atoms with Crippen LogP contribution >= 0.6 is 0 Å². The Balaban J connectivity index is 1.70. The summed E-state index contributed by atoms with van der Waals surface area (Å²) in [6.07, 6.45) is 4.23. The van der Waals surface area contributed by atoms with E-state index in [1.807, 2.05) is 35.9 Å². The smallest absolute Gasteiger partial charge is 0.329 e. The molecule has 2 aliphatic rings. The molecule has 1 saturated heterocycles. The van der Waals surface area contributed by atoms with Crippen LogP contribution < -0.4 is 5.32 Å². The largest absolute Gasteiger partial charge is 0.480 e. The van der Waals surface area contributed by atoms with Crippen LogP contribution in [-0.4, -0.2) is 45.5 Å². The molecule has 7 nitrogen and oxygen atoms in total. The van der Waals surface area contributed by atoms with Crippen molar-refractivity contribution in [3.8, 4) is 5.69 Å². The number of aryl methyl sites for hydroxylation is 1. The molecule has 0 bridgehead atoms. The third kappa shape index (κ3) is 3.30. The first-order chi connectivity index (χ1) is 13.5. The average Bonchev–Trinajstić information content (AvgIpc) is 3.09. The monoisotopic (exact) mass is 383 g/mol. The number of nitrogens with zero attached hydrogens (tertiary/aromatic N) is 2. The summed E-state index contributed by atoms with van der Waals surface area (Å²) in [7, 11) is 0. The topological polar surface area (TPSA) is 93.5 Å². The van der Waals surface area contributed by atoms with E-state index in [2.05, 4.69) is 10.4 Å². The van der Waals surface area contributed by atoms with Gasteiger partial charge >= 0.3 is 5.97 Å². The van der Waals surface area contributed by atoms with Crippen molar-refractivity contribution in [2.24, 2.45) is 0 Å². The number of carbonyl (C=O) groups excluding carboxylic acids is 1. The van der Waals surface area contributed by atoms with Crippen molar-refractivity contribution in [3.63, 3.8) is 0 Å². The van der Waals surface area contributed by atoms with E-state index < -0.39 is 17.4 Å². The maximum atomic E-state index is 13.1. The number of fused-ring (bicyclic) bond motifs is 1. The van der Waals surface area contributed by atoms with Crippen LogP contribution in [0.1, 0.15) is 53.0 Å². The van der Waals surface area contributed by atoms with Crippen molar-refractivity contribution in [2.75, 3.05) is 13.2 Å². The van der Waals surface area contributed by atoms with Gasteiger partial charge in [0.1, 0.15) is 5.54 Å². The van der Waals surface area contributed by atoms with Gasteiger partial charge in [0, 0.05) is 37.3 Å². The summed E-state index contributed by atoms with van der Waals surface area (Å²) in [4.78, 5) is 25.0. The molecule has 1 aromatic heterocycles. The van der Waals surface area contributed by atoms with Gasteiger partial charge in [-0.25, -0.2) is 9.48 Å². The van der Waals surface area contributed by atoms with Crippen LogP contribution in [0.4, 0.5) is 0 Å². The van der Waals surface area contributed by atoms with Crippen molar-refractivity contribution in [2.45, 2.75) is 51.0 Å². The number of nitrogens with one attached hydrogen (secondary N) is 1. The van der Waals surface area contributed by atoms with Crippen LogP contribution in [0.25, 0.3) is 5.69 Å². The van der Waals surface area contributed by atoms with Crippen LogP contribution in [0.2, 0.25) is 0 Å². The number of hydrogen-bond acceptors (Lipinski definition) is 4. The Morgan fingerprint density at radius 2 is 1.82 bits per heavy atom. The molecule has 0 unspecified atom stereocenters. The van der Waals surface area contributed by atoms with Gasteiger partial charge in [0.05, 0.1) is 5.69 Å². The molecule has 2 N–H and O–H groups in total. The second-order valence-electron chi connectivity index (χ2n) is 7.68. The minimum atomic E-state index is -1.29. The molecular weight excluding hydrogens is 358 g/mol. The summed E-state index contributed by atoms with van der Waals surface area (Å²) in [5.41, 5.74) is 3.13. The maximum absolute atomic E-state index is 13.1. The van der Waals surface area contributed by atoms with Gasteiger partial charge in [-0.3, -0.25) is 4.79 Å². The SMILES string of the molecule is Cc1ccc(-n2nc(C(=O)NC3(C(=O)O)CCOCC3)c3c2CCCC3)cc1. The number of amides is 1. The third-order valence-corrected chi connectivity index (χ3v) is 5.78. The molecule has 2 heterocycles. The van der Waals surface area contributed by atoms with Gasteiger partial charge in [0.2, 0.25) is 0 Å². The molecule has 1 aliphatic carbocycles. The first kappa shape index (κ1) is 18.7. The van der Waals surface area contributed by atoms with Crippen LogP contribution in [0.15, 0.2) is 24.3 Å². The molecule has 0 saturated carbocycles. The molecule has 1 fully saturated rings. The Morgan fingerprint density at radius 3 is 2.50 bits per heavy atom. The molecule has 1 aliphatic heterocycles. The second-order valence-corrected chi connectivity index (χ2v) is 7.68. The van der Waals surface area contributed by atoms with E-state index >= 15 is 0 Å². The number of benzene rings is 1. The molecule has 28 heavy (non-hydrogen) atoms. The van der Waals surface area contributed by atoms with Crippen LogP contribution in [0.3, 0.4) is 0 Å². The Labute approximate surface area is 163 Å². The molecule has 0 spiro atoms. The molecule has 0 atom stereocenters. The third-order valence-electron chi connectivity index (χ3n) is 5.78. The lowest BCUT2D eigenvalue weighted by molar-refractivity contribution is -0.148. The first-order valence-electron chi connectivity index (χ1n) is 9.82. The summed E-state index contributed by atoms with van der Waals surface area (Å²) in [6.45, 7) is 2.67. The average molecular weight is 383 g/mol. The quantitative estimate of drug-likeness (QED) is 0.846. The van der Waals surface area contributed by atoms with Crippen LogP contribution in [0.5, 0.6) is 0 Å². The number of hydrogen-bond donors (Lipinski definition) is 2. The van der Waals surface area contributed by atoms with Gasteiger partial charge in [-0.15, -0.1) is 0 Å². The standard InChI is InChI=1S/C21H25N3O4/c1-14-6-8-15(9-7-14)24-17-5-3-2-4-16(17)18(23-24)19(25)22-21(20(26)27)10-12-28-13-11-21/h6-9H,2-5,10-13H2,1H3,(H,22,25)(H,26,27). The van der Waals surface area contributed by atoms with Gasteiger partial charge in [0.25, 0.3) is 5.91 Å². The number of ether oxygens (including phenoxy) is 1. The van der Waals surface area contributed by atoms with Crippen molar-refractivity contribution in [1.29, 1.82) is 0 Å². The van der Waals surface area contributed by atoms with E-state index in [1.54, 1.807) is 0 Å². The van der Waals surface area contributed by atoms with Gasteiger partial charge in [-0.05, 0) is 44.7 Å². The van der Waals surface area contributed by atoms with Gasteiger partial charge in [-0.1, -0.05) is 17.7 Å². The van der Waals surface area contributed by atoms with E-state index in [-0.39, 0.29) is 12.8 Å². The first-order valence-corrected chi connectivity index (χ1v) is 9.82. The van der Waals surface area contributed by atoms with Gasteiger partial charge in [-0.2, -0.15) is 5.10 Å². The Bertz CT molecular complexity index is 895. The number of carboxylic acids is 1. The van der Waals surface area contributed by atoms with E-state index in [4.69, 9.17) is 4.74 Å². The highest BCUT2D eigenvalue weighted by Gasteiger charge is 2.42. The maximum Gasteiger partial charge on any atom is 0.329 e. The summed E-state index contributed by atoms with van der Waals surface area (Å²) >= 11 is 0. The van der Waals surface area contributed by atoms with Crippen molar-refractivity contribution >= 4 is 11.9 Å². The van der Waals surface area contributed by atoms with Crippen molar-refractivity contribution in [3.05, 3.63) is 46.8 Å². The number of carbonyl (C=O) groups is 2. The lowest BCUT2D eigenvalue weighted by Gasteiger charge is -2.33. The number of aromatic nitrogens is 2. The predicted molar refractivity (Wildman–Crippen MR) is 103 cm³/mol. The highest BCUT2D eigenvalue weighted by Crippen LogP contribution is 2.28. The van der Waals surface area contributed by atoms with E-state index in [0.29, 0.717) is 18.9 Å². The predicted octanol–water partition coefficient (Wildman–Crippen LogP) is 2.42. The Kier molecular flexibility index (Phi) is 4.93. The highest BCUT2D eigenvalue weighted by atomic mass is 16.5. The minimum absolute atomic E-state index is 0.259. The molecule has 4 rings (SSSR count). The van der Waals surface area contributed by atoms with E-state index in [0.717, 1.165) is 48.2 Å². The molecular formula is C21H25N3O4. The second kappa shape index (κ2) is 7.39. The fraction of sp³-hybridized carbons (Fsp3) is 0.476. The zero-order chi connectivity index (χ0) is 19.7. The number of carboxylic acid groups (broad SMARTS) is 1. The Hall–Kier alpha value is -2.67. The number of rotatable bonds is 4. The molecule has 1 amide bonds. The fourth-order valence-electron chi connectivity index (χ4n) is 4.07. The molecule has 1 aromatic carbocycles. The zero-order valence-electron chi connectivity index (χ0n) is 16.0. The lowest BCUT2D eigenvalue weighted by atomic mass is 9.89. The summed E-state index contributed by atoms with van der Waals surface area (Å²) in [6, 6.07) is 8.03. The highest BCUT2D eigenvalue weighted by molar-refractivity contribution is 5.98. The molecule has 0 radical (unpaired) electrons. The van der Waals surface area contributed by atoms with Gasteiger partial charge < -0.3 is 15.2 Å². The van der Waals surface area contributed by atoms with Gasteiger partial charge in [0.15, 0.2) is 5.69 Å². The van der Waals surface area contributed by atoms with Crippen LogP contribution in [0, 0.1) is 6.92 Å². The van der Waals surface area contributed by atoms with Crippen molar-refractivity contribution < 1.29 is 19.4 Å². The fourth-order valence-corrected chi connectivity index (χ4v) is 4.07. The Morgan fingerprint density at radius 1 is 1.14 bits per heavy atom. The summed E-state index contributed by atoms with van der Waals surface area (Å²) in [5.74, 6) is -1.43. The minimum Gasteiger partial charge on any atom is -0.480 e. The molecule has 148 valence electrons. The summed E-state index contributed by atoms with van der Waals surface area (Å²) < 4.78 is 7.14. The van der Waals surface area contributed by atoms with Crippen molar-refractivity contribution in [1.82, 2.24) is 15.1 Å². The zero-order valence-corrected chi connectivity index (χ0v) is 16.0.